The number of ether oxygens (including phenoxy) is 2. The minimum atomic E-state index is -0.606. The average molecular weight is 368 g/mol. The van der Waals surface area contributed by atoms with E-state index in [1.807, 2.05) is 6.92 Å². The Morgan fingerprint density at radius 1 is 1.08 bits per heavy atom. The van der Waals surface area contributed by atoms with Gasteiger partial charge in [-0.1, -0.05) is 29.3 Å². The van der Waals surface area contributed by atoms with Crippen LogP contribution in [0, 0.1) is 0 Å². The average Bonchev–Trinajstić information content (AvgIpc) is 2.58. The molecular formula is C17H15Cl2NO4. The molecule has 0 aliphatic heterocycles. The van der Waals surface area contributed by atoms with Crippen LogP contribution < -0.4 is 10.1 Å². The van der Waals surface area contributed by atoms with Crippen LogP contribution >= 0.6 is 23.2 Å². The number of rotatable bonds is 6. The molecule has 2 rings (SSSR count). The lowest BCUT2D eigenvalue weighted by Crippen LogP contribution is -2.21. The normalized spacial score (nSPS) is 10.1. The Labute approximate surface area is 149 Å². The number of nitrogens with one attached hydrogen (secondary N) is 1. The van der Waals surface area contributed by atoms with Crippen LogP contribution in [0.15, 0.2) is 42.5 Å². The highest BCUT2D eigenvalue weighted by Gasteiger charge is 2.12. The van der Waals surface area contributed by atoms with E-state index in [-0.39, 0.29) is 5.02 Å². The van der Waals surface area contributed by atoms with Gasteiger partial charge < -0.3 is 14.8 Å². The Bertz CT molecular complexity index is 732. The number of carbonyl (C=O) groups excluding carboxylic acids is 2. The third-order valence-corrected chi connectivity index (χ3v) is 3.78. The maximum Gasteiger partial charge on any atom is 0.338 e. The molecule has 126 valence electrons. The number of halogens is 2. The van der Waals surface area contributed by atoms with Crippen molar-refractivity contribution in [1.82, 2.24) is 0 Å². The van der Waals surface area contributed by atoms with E-state index in [4.69, 9.17) is 32.7 Å². The van der Waals surface area contributed by atoms with Crippen molar-refractivity contribution in [3.05, 3.63) is 58.1 Å². The summed E-state index contributed by atoms with van der Waals surface area (Å²) in [5.74, 6) is -0.466. The molecule has 0 aromatic heterocycles. The van der Waals surface area contributed by atoms with Gasteiger partial charge in [0.15, 0.2) is 6.61 Å². The molecule has 0 bridgehead atoms. The van der Waals surface area contributed by atoms with E-state index in [1.165, 1.54) is 0 Å². The fourth-order valence-electron chi connectivity index (χ4n) is 1.85. The smallest absolute Gasteiger partial charge is 0.338 e. The van der Waals surface area contributed by atoms with Gasteiger partial charge >= 0.3 is 5.97 Å². The molecule has 0 heterocycles. The molecule has 0 aliphatic carbocycles. The van der Waals surface area contributed by atoms with E-state index >= 15 is 0 Å². The maximum atomic E-state index is 11.9. The molecule has 24 heavy (non-hydrogen) atoms. The molecule has 1 N–H and O–H groups in total. The zero-order chi connectivity index (χ0) is 17.5. The molecule has 0 radical (unpaired) electrons. The molecule has 5 nitrogen and oxygen atoms in total. The van der Waals surface area contributed by atoms with Crippen molar-refractivity contribution in [1.29, 1.82) is 0 Å². The van der Waals surface area contributed by atoms with Crippen molar-refractivity contribution in [2.45, 2.75) is 6.92 Å². The number of hydrogen-bond donors (Lipinski definition) is 1. The molecule has 7 heteroatoms. The van der Waals surface area contributed by atoms with Gasteiger partial charge in [-0.05, 0) is 43.3 Å². The minimum Gasteiger partial charge on any atom is -0.494 e. The second-order valence-corrected chi connectivity index (χ2v) is 5.47. The lowest BCUT2D eigenvalue weighted by Gasteiger charge is -2.09. The predicted molar refractivity (Wildman–Crippen MR) is 93.0 cm³/mol. The molecule has 1 amide bonds. The van der Waals surface area contributed by atoms with Gasteiger partial charge in [0, 0.05) is 0 Å². The van der Waals surface area contributed by atoms with Crippen LogP contribution in [-0.4, -0.2) is 25.1 Å². The van der Waals surface area contributed by atoms with Gasteiger partial charge in [-0.2, -0.15) is 0 Å². The summed E-state index contributed by atoms with van der Waals surface area (Å²) < 4.78 is 10.3. The first-order chi connectivity index (χ1) is 11.5. The SMILES string of the molecule is CCOc1ccc(C(=O)OCC(=O)Nc2cccc(Cl)c2Cl)cc1. The molecule has 0 aliphatic rings. The third-order valence-electron chi connectivity index (χ3n) is 2.96. The monoisotopic (exact) mass is 367 g/mol. The van der Waals surface area contributed by atoms with Crippen molar-refractivity contribution in [2.75, 3.05) is 18.5 Å². The topological polar surface area (TPSA) is 64.6 Å². The van der Waals surface area contributed by atoms with E-state index in [9.17, 15) is 9.59 Å². The van der Waals surface area contributed by atoms with Crippen LogP contribution in [-0.2, 0) is 9.53 Å². The highest BCUT2D eigenvalue weighted by molar-refractivity contribution is 6.44. The van der Waals surface area contributed by atoms with Crippen molar-refractivity contribution in [2.24, 2.45) is 0 Å². The second-order valence-electron chi connectivity index (χ2n) is 4.68. The van der Waals surface area contributed by atoms with Crippen LogP contribution in [0.1, 0.15) is 17.3 Å². The molecule has 0 saturated heterocycles. The number of hydrogen-bond acceptors (Lipinski definition) is 4. The maximum absolute atomic E-state index is 11.9. The molecule has 0 spiro atoms. The van der Waals surface area contributed by atoms with Gasteiger partial charge in [0.2, 0.25) is 0 Å². The number of benzene rings is 2. The van der Waals surface area contributed by atoms with Gasteiger partial charge in [-0.25, -0.2) is 4.79 Å². The number of anilines is 1. The highest BCUT2D eigenvalue weighted by atomic mass is 35.5. The predicted octanol–water partition coefficient (Wildman–Crippen LogP) is 4.19. The minimum absolute atomic E-state index is 0.227. The van der Waals surface area contributed by atoms with E-state index in [0.717, 1.165) is 0 Å². The Hall–Kier alpha value is -2.24. The van der Waals surface area contributed by atoms with Crippen LogP contribution in [0.25, 0.3) is 0 Å². The summed E-state index contributed by atoms with van der Waals surface area (Å²) in [4.78, 5) is 23.7. The summed E-state index contributed by atoms with van der Waals surface area (Å²) in [7, 11) is 0. The first kappa shape index (κ1) is 18.1. The van der Waals surface area contributed by atoms with Crippen LogP contribution in [0.4, 0.5) is 5.69 Å². The first-order valence-electron chi connectivity index (χ1n) is 7.15. The van der Waals surface area contributed by atoms with Crippen molar-refractivity contribution in [3.8, 4) is 5.75 Å². The highest BCUT2D eigenvalue weighted by Crippen LogP contribution is 2.29. The number of carbonyl (C=O) groups is 2. The lowest BCUT2D eigenvalue weighted by atomic mass is 10.2. The summed E-state index contributed by atoms with van der Waals surface area (Å²) >= 11 is 11.8. The van der Waals surface area contributed by atoms with E-state index in [2.05, 4.69) is 5.32 Å². The van der Waals surface area contributed by atoms with E-state index in [1.54, 1.807) is 42.5 Å². The Balaban J connectivity index is 1.89. The van der Waals surface area contributed by atoms with Gasteiger partial charge in [-0.3, -0.25) is 4.79 Å². The number of amides is 1. The Kier molecular flexibility index (Phi) is 6.46. The zero-order valence-electron chi connectivity index (χ0n) is 12.8. The van der Waals surface area contributed by atoms with Gasteiger partial charge in [-0.15, -0.1) is 0 Å². The largest absolute Gasteiger partial charge is 0.494 e. The molecular weight excluding hydrogens is 353 g/mol. The summed E-state index contributed by atoms with van der Waals surface area (Å²) in [6, 6.07) is 11.3. The van der Waals surface area contributed by atoms with Crippen molar-refractivity contribution < 1.29 is 19.1 Å². The first-order valence-corrected chi connectivity index (χ1v) is 7.90. The van der Waals surface area contributed by atoms with Gasteiger partial charge in [0.25, 0.3) is 5.91 Å². The molecule has 0 unspecified atom stereocenters. The van der Waals surface area contributed by atoms with Crippen molar-refractivity contribution in [3.63, 3.8) is 0 Å². The van der Waals surface area contributed by atoms with Gasteiger partial charge in [0.05, 0.1) is 27.9 Å². The standard InChI is InChI=1S/C17H15Cl2NO4/c1-2-23-12-8-6-11(7-9-12)17(22)24-10-15(21)20-14-5-3-4-13(18)16(14)19/h3-9H,2,10H2,1H3,(H,20,21). The third kappa shape index (κ3) is 4.88. The fourth-order valence-corrected chi connectivity index (χ4v) is 2.20. The fraction of sp³-hybridized carbons (Fsp3) is 0.176. The lowest BCUT2D eigenvalue weighted by molar-refractivity contribution is -0.119. The summed E-state index contributed by atoms with van der Waals surface area (Å²) in [5, 5.41) is 3.08. The van der Waals surface area contributed by atoms with Crippen molar-refractivity contribution >= 4 is 40.8 Å². The molecule has 0 fully saturated rings. The second kappa shape index (κ2) is 8.57. The molecule has 0 saturated carbocycles. The van der Waals surface area contributed by atoms with Gasteiger partial charge in [0.1, 0.15) is 5.75 Å². The summed E-state index contributed by atoms with van der Waals surface area (Å²) in [5.41, 5.74) is 0.679. The van der Waals surface area contributed by atoms with Crippen LogP contribution in [0.5, 0.6) is 5.75 Å². The zero-order valence-corrected chi connectivity index (χ0v) is 14.4. The Morgan fingerprint density at radius 3 is 2.46 bits per heavy atom. The quantitative estimate of drug-likeness (QED) is 0.777. The van der Waals surface area contributed by atoms with E-state index in [0.29, 0.717) is 28.6 Å². The Morgan fingerprint density at radius 2 is 1.79 bits per heavy atom. The summed E-state index contributed by atoms with van der Waals surface area (Å²) in [6.07, 6.45) is 0. The molecule has 2 aromatic carbocycles. The van der Waals surface area contributed by atoms with E-state index < -0.39 is 18.5 Å². The summed E-state index contributed by atoms with van der Waals surface area (Å²) in [6.45, 7) is 1.97. The number of esters is 1. The molecule has 0 atom stereocenters. The van der Waals surface area contributed by atoms with Crippen LogP contribution in [0.3, 0.4) is 0 Å². The van der Waals surface area contributed by atoms with Crippen LogP contribution in [0.2, 0.25) is 10.0 Å². The molecule has 2 aromatic rings.